The minimum absolute atomic E-state index is 0.0297. The standard InChI is InChI=1S/C14H20F6O2/c1-6-9(4)10(21)22-12(7-2,8-3)11(5,13(15,16)17)14(18,19)20/h4,6-8H2,1-3,5H3. The lowest BCUT2D eigenvalue weighted by atomic mass is 9.68. The van der Waals surface area contributed by atoms with E-state index in [1.165, 1.54) is 6.92 Å². The molecule has 22 heavy (non-hydrogen) atoms. The molecule has 0 aromatic heterocycles. The molecule has 0 N–H and O–H groups in total. The van der Waals surface area contributed by atoms with Gasteiger partial charge in [0.1, 0.15) is 5.60 Å². The first-order chi connectivity index (χ1) is 9.74. The molecule has 0 aliphatic carbocycles. The summed E-state index contributed by atoms with van der Waals surface area (Å²) in [7, 11) is 0. The van der Waals surface area contributed by atoms with Crippen molar-refractivity contribution >= 4 is 5.97 Å². The third-order valence-corrected chi connectivity index (χ3v) is 4.19. The smallest absolute Gasteiger partial charge is 0.406 e. The van der Waals surface area contributed by atoms with Crippen LogP contribution in [0.4, 0.5) is 26.3 Å². The molecule has 0 spiro atoms. The molecule has 0 amide bonds. The highest BCUT2D eigenvalue weighted by Gasteiger charge is 2.77. The molecule has 0 aliphatic heterocycles. The van der Waals surface area contributed by atoms with Crippen LogP contribution in [0.3, 0.4) is 0 Å². The van der Waals surface area contributed by atoms with Gasteiger partial charge in [-0.2, -0.15) is 26.3 Å². The van der Waals surface area contributed by atoms with Crippen LogP contribution in [0.2, 0.25) is 0 Å². The van der Waals surface area contributed by atoms with Gasteiger partial charge in [-0.3, -0.25) is 0 Å². The highest BCUT2D eigenvalue weighted by atomic mass is 19.4. The van der Waals surface area contributed by atoms with E-state index in [4.69, 9.17) is 4.74 Å². The van der Waals surface area contributed by atoms with Crippen molar-refractivity contribution < 1.29 is 35.9 Å². The first kappa shape index (κ1) is 20.8. The van der Waals surface area contributed by atoms with Gasteiger partial charge >= 0.3 is 18.3 Å². The predicted molar refractivity (Wildman–Crippen MR) is 69.1 cm³/mol. The van der Waals surface area contributed by atoms with Gasteiger partial charge in [-0.05, 0) is 26.2 Å². The minimum atomic E-state index is -5.63. The average Bonchev–Trinajstić information content (AvgIpc) is 2.40. The lowest BCUT2D eigenvalue weighted by Crippen LogP contribution is -2.64. The molecule has 0 aromatic rings. The number of esters is 1. The molecule has 0 bridgehead atoms. The fraction of sp³-hybridized carbons (Fsp3) is 0.786. The zero-order valence-electron chi connectivity index (χ0n) is 12.9. The average molecular weight is 334 g/mol. The third-order valence-electron chi connectivity index (χ3n) is 4.19. The molecule has 0 heterocycles. The number of carbonyl (C=O) groups is 1. The van der Waals surface area contributed by atoms with Crippen molar-refractivity contribution in [2.24, 2.45) is 5.41 Å². The Morgan fingerprint density at radius 1 is 0.955 bits per heavy atom. The maximum atomic E-state index is 13.3. The summed E-state index contributed by atoms with van der Waals surface area (Å²) >= 11 is 0. The SMILES string of the molecule is C=C(CC)C(=O)OC(CC)(CC)C(C)(C(F)(F)F)C(F)(F)F. The molecule has 0 atom stereocenters. The summed E-state index contributed by atoms with van der Waals surface area (Å²) < 4.78 is 84.3. The molecule has 0 saturated carbocycles. The topological polar surface area (TPSA) is 26.3 Å². The van der Waals surface area contributed by atoms with Gasteiger partial charge in [-0.1, -0.05) is 27.4 Å². The number of hydrogen-bond donors (Lipinski definition) is 0. The van der Waals surface area contributed by atoms with E-state index in [1.54, 1.807) is 0 Å². The Morgan fingerprint density at radius 3 is 1.55 bits per heavy atom. The van der Waals surface area contributed by atoms with Crippen LogP contribution < -0.4 is 0 Å². The summed E-state index contributed by atoms with van der Waals surface area (Å²) in [5, 5.41) is 0. The van der Waals surface area contributed by atoms with Gasteiger partial charge in [-0.25, -0.2) is 4.79 Å². The van der Waals surface area contributed by atoms with Crippen LogP contribution in [0.15, 0.2) is 12.2 Å². The van der Waals surface area contributed by atoms with Gasteiger partial charge in [0.25, 0.3) is 0 Å². The molecule has 0 aromatic carbocycles. The molecule has 8 heteroatoms. The largest absolute Gasteiger partial charge is 0.454 e. The Balaban J connectivity index is 6.18. The molecule has 0 rings (SSSR count). The first-order valence-electron chi connectivity index (χ1n) is 6.78. The highest BCUT2D eigenvalue weighted by molar-refractivity contribution is 5.88. The van der Waals surface area contributed by atoms with Gasteiger partial charge in [0, 0.05) is 5.57 Å². The van der Waals surface area contributed by atoms with Crippen molar-refractivity contribution in [1.82, 2.24) is 0 Å². The number of hydrogen-bond acceptors (Lipinski definition) is 2. The number of alkyl halides is 6. The van der Waals surface area contributed by atoms with E-state index in [0.29, 0.717) is 0 Å². The zero-order chi connectivity index (χ0) is 18.0. The molecular weight excluding hydrogens is 314 g/mol. The Hall–Kier alpha value is -1.21. The molecule has 0 saturated heterocycles. The maximum absolute atomic E-state index is 13.3. The van der Waals surface area contributed by atoms with E-state index in [-0.39, 0.29) is 18.9 Å². The van der Waals surface area contributed by atoms with Crippen LogP contribution in [0, 0.1) is 5.41 Å². The van der Waals surface area contributed by atoms with Crippen LogP contribution in [0.5, 0.6) is 0 Å². The van der Waals surface area contributed by atoms with Crippen molar-refractivity contribution in [3.63, 3.8) is 0 Å². The van der Waals surface area contributed by atoms with Gasteiger partial charge in [-0.15, -0.1) is 0 Å². The van der Waals surface area contributed by atoms with Crippen LogP contribution in [-0.2, 0) is 9.53 Å². The zero-order valence-corrected chi connectivity index (χ0v) is 12.9. The molecule has 0 aliphatic rings. The maximum Gasteiger partial charge on any atom is 0.406 e. The van der Waals surface area contributed by atoms with E-state index >= 15 is 0 Å². The number of carbonyl (C=O) groups excluding carboxylic acids is 1. The lowest BCUT2D eigenvalue weighted by Gasteiger charge is -2.48. The molecule has 0 radical (unpaired) electrons. The summed E-state index contributed by atoms with van der Waals surface area (Å²) in [6.45, 7) is 7.07. The normalized spacial score (nSPS) is 13.9. The molecular formula is C14H20F6O2. The van der Waals surface area contributed by atoms with Crippen LogP contribution in [0.1, 0.15) is 47.0 Å². The Kier molecular flexibility index (Phi) is 6.14. The van der Waals surface area contributed by atoms with Crippen LogP contribution >= 0.6 is 0 Å². The van der Waals surface area contributed by atoms with E-state index < -0.39 is 42.2 Å². The molecule has 0 unspecified atom stereocenters. The van der Waals surface area contributed by atoms with Gasteiger partial charge in [0.15, 0.2) is 5.41 Å². The number of rotatable bonds is 6. The van der Waals surface area contributed by atoms with Gasteiger partial charge in [0.05, 0.1) is 0 Å². The molecule has 130 valence electrons. The minimum Gasteiger partial charge on any atom is -0.454 e. The van der Waals surface area contributed by atoms with E-state index in [0.717, 1.165) is 13.8 Å². The lowest BCUT2D eigenvalue weighted by molar-refractivity contribution is -0.383. The predicted octanol–water partition coefficient (Wildman–Crippen LogP) is 5.19. The van der Waals surface area contributed by atoms with Crippen molar-refractivity contribution in [3.05, 3.63) is 12.2 Å². The third kappa shape index (κ3) is 3.25. The van der Waals surface area contributed by atoms with Crippen molar-refractivity contribution in [1.29, 1.82) is 0 Å². The van der Waals surface area contributed by atoms with E-state index in [1.807, 2.05) is 0 Å². The number of halogens is 6. The first-order valence-corrected chi connectivity index (χ1v) is 6.78. The monoisotopic (exact) mass is 334 g/mol. The summed E-state index contributed by atoms with van der Waals surface area (Å²) in [5.41, 5.74) is -7.11. The van der Waals surface area contributed by atoms with E-state index in [9.17, 15) is 31.1 Å². The molecule has 0 fully saturated rings. The van der Waals surface area contributed by atoms with E-state index in [2.05, 4.69) is 6.58 Å². The summed E-state index contributed by atoms with van der Waals surface area (Å²) in [4.78, 5) is 11.8. The number of ether oxygens (including phenoxy) is 1. The fourth-order valence-electron chi connectivity index (χ4n) is 2.27. The van der Waals surface area contributed by atoms with Crippen molar-refractivity contribution in [2.75, 3.05) is 0 Å². The van der Waals surface area contributed by atoms with Crippen molar-refractivity contribution in [2.45, 2.75) is 64.9 Å². The van der Waals surface area contributed by atoms with Gasteiger partial charge in [0.2, 0.25) is 0 Å². The van der Waals surface area contributed by atoms with Crippen molar-refractivity contribution in [3.8, 4) is 0 Å². The van der Waals surface area contributed by atoms with Crippen LogP contribution in [0.25, 0.3) is 0 Å². The summed E-state index contributed by atoms with van der Waals surface area (Å²) in [6.07, 6.45) is -12.5. The van der Waals surface area contributed by atoms with Gasteiger partial charge < -0.3 is 4.74 Å². The fourth-order valence-corrected chi connectivity index (χ4v) is 2.27. The second-order valence-electron chi connectivity index (χ2n) is 5.17. The second kappa shape index (κ2) is 6.50. The second-order valence-corrected chi connectivity index (χ2v) is 5.17. The highest BCUT2D eigenvalue weighted by Crippen LogP contribution is 2.59. The Bertz CT molecular complexity index is 404. The van der Waals surface area contributed by atoms with Crippen LogP contribution in [-0.4, -0.2) is 23.9 Å². The Morgan fingerprint density at radius 2 is 1.32 bits per heavy atom. The Labute approximate surface area is 125 Å². The molecule has 2 nitrogen and oxygen atoms in total. The quantitative estimate of drug-likeness (QED) is 0.380. The summed E-state index contributed by atoms with van der Waals surface area (Å²) in [5.74, 6) is -1.24. The summed E-state index contributed by atoms with van der Waals surface area (Å²) in [6, 6.07) is 0.